The van der Waals surface area contributed by atoms with E-state index in [1.54, 1.807) is 6.07 Å². The molecule has 2 N–H and O–H groups in total. The minimum Gasteiger partial charge on any atom is -0.455 e. The molecule has 0 saturated heterocycles. The maximum absolute atomic E-state index is 5.90. The van der Waals surface area contributed by atoms with Gasteiger partial charge in [0.15, 0.2) is 11.5 Å². The molecule has 0 aliphatic carbocycles. The van der Waals surface area contributed by atoms with E-state index < -0.39 is 0 Å². The number of anilines is 1. The predicted octanol–water partition coefficient (Wildman–Crippen LogP) is 3.39. The highest BCUT2D eigenvalue weighted by atomic mass is 127. The van der Waals surface area contributed by atoms with Crippen molar-refractivity contribution in [1.29, 1.82) is 0 Å². The van der Waals surface area contributed by atoms with E-state index in [2.05, 4.69) is 22.6 Å². The van der Waals surface area contributed by atoms with Crippen LogP contribution in [0.2, 0.25) is 0 Å². The summed E-state index contributed by atoms with van der Waals surface area (Å²) in [4.78, 5) is 0. The number of fused-ring (bicyclic) bond motifs is 1. The summed E-state index contributed by atoms with van der Waals surface area (Å²) in [5, 5.41) is 0. The molecule has 3 rings (SSSR count). The Kier molecular flexibility index (Phi) is 2.91. The first-order valence-corrected chi connectivity index (χ1v) is 6.43. The van der Waals surface area contributed by atoms with E-state index in [-0.39, 0.29) is 6.79 Å². The SMILES string of the molecule is Nc1cc(I)ccc1Oc1ccc2c(c1)OCO2. The van der Waals surface area contributed by atoms with Crippen LogP contribution in [0.25, 0.3) is 0 Å². The fraction of sp³-hybridized carbons (Fsp3) is 0.0769. The van der Waals surface area contributed by atoms with E-state index in [0.29, 0.717) is 22.9 Å². The van der Waals surface area contributed by atoms with Gasteiger partial charge in [0, 0.05) is 9.64 Å². The average molecular weight is 355 g/mol. The van der Waals surface area contributed by atoms with Gasteiger partial charge in [0.25, 0.3) is 0 Å². The van der Waals surface area contributed by atoms with E-state index in [1.165, 1.54) is 0 Å². The van der Waals surface area contributed by atoms with Crippen LogP contribution < -0.4 is 19.9 Å². The summed E-state index contributed by atoms with van der Waals surface area (Å²) in [5.41, 5.74) is 6.51. The van der Waals surface area contributed by atoms with Gasteiger partial charge < -0.3 is 19.9 Å². The molecule has 0 radical (unpaired) electrons. The van der Waals surface area contributed by atoms with Gasteiger partial charge in [-0.2, -0.15) is 0 Å². The summed E-state index contributed by atoms with van der Waals surface area (Å²) >= 11 is 2.20. The predicted molar refractivity (Wildman–Crippen MR) is 76.2 cm³/mol. The van der Waals surface area contributed by atoms with Crippen LogP contribution in [0.5, 0.6) is 23.0 Å². The molecule has 1 heterocycles. The standard InChI is InChI=1S/C13H10INO3/c14-8-1-3-11(10(15)5-8)18-9-2-4-12-13(6-9)17-7-16-12/h1-6H,7,15H2. The number of nitrogens with two attached hydrogens (primary N) is 1. The first kappa shape index (κ1) is 11.5. The fourth-order valence-corrected chi connectivity index (χ4v) is 2.19. The van der Waals surface area contributed by atoms with E-state index in [9.17, 15) is 0 Å². The Morgan fingerprint density at radius 3 is 2.72 bits per heavy atom. The number of halogens is 1. The van der Waals surface area contributed by atoms with Crippen molar-refractivity contribution in [3.05, 3.63) is 40.0 Å². The third-order valence-corrected chi connectivity index (χ3v) is 3.21. The van der Waals surface area contributed by atoms with Crippen molar-refractivity contribution in [3.63, 3.8) is 0 Å². The van der Waals surface area contributed by atoms with Crippen molar-refractivity contribution in [2.24, 2.45) is 0 Å². The zero-order chi connectivity index (χ0) is 12.5. The first-order chi connectivity index (χ1) is 8.72. The van der Waals surface area contributed by atoms with Crippen molar-refractivity contribution in [2.45, 2.75) is 0 Å². The minimum atomic E-state index is 0.254. The number of hydrogen-bond acceptors (Lipinski definition) is 4. The highest BCUT2D eigenvalue weighted by Gasteiger charge is 2.14. The molecule has 1 aliphatic rings. The molecule has 92 valence electrons. The Bertz CT molecular complexity index is 601. The second-order valence-corrected chi connectivity index (χ2v) is 5.04. The summed E-state index contributed by atoms with van der Waals surface area (Å²) in [5.74, 6) is 2.73. The quantitative estimate of drug-likeness (QED) is 0.663. The zero-order valence-corrected chi connectivity index (χ0v) is 11.5. The van der Waals surface area contributed by atoms with Crippen LogP contribution in [0.3, 0.4) is 0 Å². The molecule has 2 aromatic rings. The largest absolute Gasteiger partial charge is 0.455 e. The van der Waals surface area contributed by atoms with Gasteiger partial charge in [0.1, 0.15) is 11.5 Å². The lowest BCUT2D eigenvalue weighted by Gasteiger charge is -2.09. The van der Waals surface area contributed by atoms with E-state index in [0.717, 1.165) is 9.32 Å². The summed E-state index contributed by atoms with van der Waals surface area (Å²) in [6.45, 7) is 0.254. The molecular weight excluding hydrogens is 345 g/mol. The summed E-state index contributed by atoms with van der Waals surface area (Å²) in [6.07, 6.45) is 0. The molecule has 0 bridgehead atoms. The van der Waals surface area contributed by atoms with Crippen LogP contribution in [-0.2, 0) is 0 Å². The maximum Gasteiger partial charge on any atom is 0.231 e. The van der Waals surface area contributed by atoms with Gasteiger partial charge in [-0.3, -0.25) is 0 Å². The van der Waals surface area contributed by atoms with E-state index in [1.807, 2.05) is 30.3 Å². The molecule has 2 aromatic carbocycles. The van der Waals surface area contributed by atoms with Gasteiger partial charge >= 0.3 is 0 Å². The highest BCUT2D eigenvalue weighted by Crippen LogP contribution is 2.37. The zero-order valence-electron chi connectivity index (χ0n) is 9.35. The van der Waals surface area contributed by atoms with Gasteiger partial charge in [-0.1, -0.05) is 0 Å². The van der Waals surface area contributed by atoms with Crippen LogP contribution in [0.1, 0.15) is 0 Å². The smallest absolute Gasteiger partial charge is 0.231 e. The number of rotatable bonds is 2. The molecule has 0 amide bonds. The van der Waals surface area contributed by atoms with E-state index in [4.69, 9.17) is 19.9 Å². The van der Waals surface area contributed by atoms with Crippen molar-refractivity contribution >= 4 is 28.3 Å². The second kappa shape index (κ2) is 4.56. The fourth-order valence-electron chi connectivity index (χ4n) is 1.68. The molecule has 0 unspecified atom stereocenters. The minimum absolute atomic E-state index is 0.254. The van der Waals surface area contributed by atoms with Crippen molar-refractivity contribution < 1.29 is 14.2 Å². The van der Waals surface area contributed by atoms with Gasteiger partial charge in [-0.25, -0.2) is 0 Å². The number of ether oxygens (including phenoxy) is 3. The lowest BCUT2D eigenvalue weighted by atomic mass is 10.3. The summed E-state index contributed by atoms with van der Waals surface area (Å²) < 4.78 is 17.3. The van der Waals surface area contributed by atoms with Crippen molar-refractivity contribution in [3.8, 4) is 23.0 Å². The molecular formula is C13H10INO3. The topological polar surface area (TPSA) is 53.7 Å². The van der Waals surface area contributed by atoms with Gasteiger partial charge in [-0.05, 0) is 52.9 Å². The molecule has 1 aliphatic heterocycles. The van der Waals surface area contributed by atoms with Gasteiger partial charge in [0.2, 0.25) is 6.79 Å². The summed E-state index contributed by atoms with van der Waals surface area (Å²) in [6, 6.07) is 11.1. The number of nitrogen functional groups attached to an aromatic ring is 1. The Labute approximate surface area is 118 Å². The van der Waals surface area contributed by atoms with Crippen LogP contribution in [-0.4, -0.2) is 6.79 Å². The Morgan fingerprint density at radius 2 is 1.89 bits per heavy atom. The molecule has 4 nitrogen and oxygen atoms in total. The normalized spacial score (nSPS) is 12.5. The van der Waals surface area contributed by atoms with Crippen molar-refractivity contribution in [2.75, 3.05) is 12.5 Å². The van der Waals surface area contributed by atoms with Gasteiger partial charge in [-0.15, -0.1) is 0 Å². The Balaban J connectivity index is 1.88. The average Bonchev–Trinajstić information content (AvgIpc) is 2.80. The first-order valence-electron chi connectivity index (χ1n) is 5.35. The van der Waals surface area contributed by atoms with Crippen LogP contribution >= 0.6 is 22.6 Å². The van der Waals surface area contributed by atoms with Crippen molar-refractivity contribution in [1.82, 2.24) is 0 Å². The van der Waals surface area contributed by atoms with E-state index >= 15 is 0 Å². The Hall–Kier alpha value is -1.63. The monoisotopic (exact) mass is 355 g/mol. The van der Waals surface area contributed by atoms with Gasteiger partial charge in [0.05, 0.1) is 5.69 Å². The third kappa shape index (κ3) is 2.17. The Morgan fingerprint density at radius 1 is 1.06 bits per heavy atom. The molecule has 0 atom stereocenters. The maximum atomic E-state index is 5.90. The molecule has 0 fully saturated rings. The molecule has 0 saturated carbocycles. The lowest BCUT2D eigenvalue weighted by Crippen LogP contribution is -1.93. The molecule has 5 heteroatoms. The van der Waals surface area contributed by atoms with Crippen LogP contribution in [0.4, 0.5) is 5.69 Å². The van der Waals surface area contributed by atoms with Crippen LogP contribution in [0.15, 0.2) is 36.4 Å². The third-order valence-electron chi connectivity index (χ3n) is 2.54. The highest BCUT2D eigenvalue weighted by molar-refractivity contribution is 14.1. The second-order valence-electron chi connectivity index (χ2n) is 3.80. The molecule has 18 heavy (non-hydrogen) atoms. The number of hydrogen-bond donors (Lipinski definition) is 1. The van der Waals surface area contributed by atoms with Crippen LogP contribution in [0, 0.1) is 3.57 Å². The number of benzene rings is 2. The molecule has 0 aromatic heterocycles. The lowest BCUT2D eigenvalue weighted by molar-refractivity contribution is 0.174. The summed E-state index contributed by atoms with van der Waals surface area (Å²) in [7, 11) is 0. The molecule has 0 spiro atoms.